The third kappa shape index (κ3) is 4.11. The van der Waals surface area contributed by atoms with Gasteiger partial charge in [-0.1, -0.05) is 11.6 Å². The third-order valence-electron chi connectivity index (χ3n) is 2.76. The van der Waals surface area contributed by atoms with Crippen LogP contribution in [0.5, 0.6) is 11.5 Å². The molecule has 22 heavy (non-hydrogen) atoms. The van der Waals surface area contributed by atoms with E-state index < -0.39 is 0 Å². The molecule has 1 amide bonds. The molecule has 0 saturated heterocycles. The zero-order valence-electron chi connectivity index (χ0n) is 12.4. The van der Waals surface area contributed by atoms with Crippen molar-refractivity contribution in [1.29, 1.82) is 0 Å². The summed E-state index contributed by atoms with van der Waals surface area (Å²) in [5, 5.41) is 3.22. The van der Waals surface area contributed by atoms with Crippen molar-refractivity contribution in [2.24, 2.45) is 0 Å². The van der Waals surface area contributed by atoms with Crippen molar-refractivity contribution in [1.82, 2.24) is 4.98 Å². The van der Waals surface area contributed by atoms with Gasteiger partial charge >= 0.3 is 0 Å². The van der Waals surface area contributed by atoms with Gasteiger partial charge in [-0.05, 0) is 38.1 Å². The molecule has 2 aromatic rings. The fourth-order valence-electron chi connectivity index (χ4n) is 1.86. The first-order valence-corrected chi connectivity index (χ1v) is 7.34. The second-order valence-corrected chi connectivity index (χ2v) is 4.77. The maximum atomic E-state index is 12.3. The molecule has 1 aromatic carbocycles. The molecule has 0 aliphatic heterocycles. The Labute approximate surface area is 134 Å². The summed E-state index contributed by atoms with van der Waals surface area (Å²) in [5.74, 6) is 0.860. The van der Waals surface area contributed by atoms with E-state index in [1.165, 1.54) is 12.3 Å². The molecular formula is C16H17ClN2O3. The normalized spacial score (nSPS) is 10.1. The summed E-state index contributed by atoms with van der Waals surface area (Å²) >= 11 is 5.87. The summed E-state index contributed by atoms with van der Waals surface area (Å²) < 4.78 is 11.0. The molecule has 0 spiro atoms. The van der Waals surface area contributed by atoms with E-state index in [2.05, 4.69) is 10.3 Å². The zero-order valence-corrected chi connectivity index (χ0v) is 13.2. The molecule has 0 radical (unpaired) electrons. The highest BCUT2D eigenvalue weighted by Crippen LogP contribution is 2.29. The van der Waals surface area contributed by atoms with Crippen LogP contribution in [0.4, 0.5) is 5.69 Å². The van der Waals surface area contributed by atoms with Crippen LogP contribution < -0.4 is 14.8 Å². The van der Waals surface area contributed by atoms with Gasteiger partial charge in [0.15, 0.2) is 0 Å². The van der Waals surface area contributed by atoms with Crippen molar-refractivity contribution in [3.63, 3.8) is 0 Å². The van der Waals surface area contributed by atoms with E-state index in [-0.39, 0.29) is 11.6 Å². The molecule has 0 fully saturated rings. The molecule has 0 aliphatic carbocycles. The van der Waals surface area contributed by atoms with Crippen LogP contribution in [0, 0.1) is 0 Å². The van der Waals surface area contributed by atoms with Crippen molar-refractivity contribution < 1.29 is 14.3 Å². The minimum Gasteiger partial charge on any atom is -0.494 e. The van der Waals surface area contributed by atoms with E-state index in [4.69, 9.17) is 21.1 Å². The molecule has 2 rings (SSSR count). The Morgan fingerprint density at radius 3 is 2.64 bits per heavy atom. The number of hydrogen-bond acceptors (Lipinski definition) is 4. The third-order valence-corrected chi connectivity index (χ3v) is 3.00. The number of benzene rings is 1. The number of halogens is 1. The van der Waals surface area contributed by atoms with Crippen molar-refractivity contribution in [3.8, 4) is 11.5 Å². The molecule has 1 aromatic heterocycles. The second-order valence-electron chi connectivity index (χ2n) is 4.34. The van der Waals surface area contributed by atoms with Crippen molar-refractivity contribution in [2.75, 3.05) is 18.5 Å². The number of hydrogen-bond donors (Lipinski definition) is 1. The Morgan fingerprint density at radius 2 is 1.95 bits per heavy atom. The molecular weight excluding hydrogens is 304 g/mol. The SMILES string of the molecule is CCOc1ccc(OCC)c(NC(=O)c2cc(Cl)ccn2)c1. The Balaban J connectivity index is 2.25. The Kier molecular flexibility index (Phi) is 5.61. The lowest BCUT2D eigenvalue weighted by Gasteiger charge is -2.13. The summed E-state index contributed by atoms with van der Waals surface area (Å²) in [7, 11) is 0. The van der Waals surface area contributed by atoms with Gasteiger partial charge < -0.3 is 14.8 Å². The topological polar surface area (TPSA) is 60.5 Å². The van der Waals surface area contributed by atoms with E-state index >= 15 is 0 Å². The van der Waals surface area contributed by atoms with Crippen LogP contribution in [0.3, 0.4) is 0 Å². The quantitative estimate of drug-likeness (QED) is 0.879. The molecule has 116 valence electrons. The zero-order chi connectivity index (χ0) is 15.9. The van der Waals surface area contributed by atoms with Crippen LogP contribution in [0.1, 0.15) is 24.3 Å². The van der Waals surface area contributed by atoms with Gasteiger partial charge in [0.25, 0.3) is 5.91 Å². The van der Waals surface area contributed by atoms with E-state index in [0.29, 0.717) is 35.4 Å². The summed E-state index contributed by atoms with van der Waals surface area (Å²) in [4.78, 5) is 16.3. The number of ether oxygens (including phenoxy) is 2. The average Bonchev–Trinajstić information content (AvgIpc) is 2.50. The highest BCUT2D eigenvalue weighted by molar-refractivity contribution is 6.30. The van der Waals surface area contributed by atoms with Crippen molar-refractivity contribution in [3.05, 3.63) is 47.2 Å². The van der Waals surface area contributed by atoms with Crippen LogP contribution in [0.25, 0.3) is 0 Å². The van der Waals surface area contributed by atoms with Gasteiger partial charge in [-0.2, -0.15) is 0 Å². The first kappa shape index (κ1) is 16.1. The number of carbonyl (C=O) groups excluding carboxylic acids is 1. The lowest BCUT2D eigenvalue weighted by atomic mass is 10.2. The lowest BCUT2D eigenvalue weighted by Crippen LogP contribution is -2.14. The molecule has 0 unspecified atom stereocenters. The number of nitrogens with zero attached hydrogens (tertiary/aromatic N) is 1. The molecule has 1 heterocycles. The van der Waals surface area contributed by atoms with E-state index in [0.717, 1.165) is 0 Å². The molecule has 6 heteroatoms. The molecule has 0 saturated carbocycles. The second kappa shape index (κ2) is 7.66. The molecule has 0 bridgehead atoms. The largest absolute Gasteiger partial charge is 0.494 e. The Morgan fingerprint density at radius 1 is 1.18 bits per heavy atom. The number of amides is 1. The number of nitrogens with one attached hydrogen (secondary N) is 1. The van der Waals surface area contributed by atoms with Crippen LogP contribution in [0.2, 0.25) is 5.02 Å². The van der Waals surface area contributed by atoms with Gasteiger partial charge in [-0.3, -0.25) is 9.78 Å². The number of aromatic nitrogens is 1. The van der Waals surface area contributed by atoms with Crippen LogP contribution in [-0.4, -0.2) is 24.1 Å². The highest BCUT2D eigenvalue weighted by Gasteiger charge is 2.12. The first-order chi connectivity index (χ1) is 10.6. The standard InChI is InChI=1S/C16H17ClN2O3/c1-3-21-12-5-6-15(22-4-2)13(10-12)19-16(20)14-9-11(17)7-8-18-14/h5-10H,3-4H2,1-2H3,(H,19,20). The summed E-state index contributed by atoms with van der Waals surface area (Å²) in [5.41, 5.74) is 0.760. The number of rotatable bonds is 6. The first-order valence-electron chi connectivity index (χ1n) is 6.96. The smallest absolute Gasteiger partial charge is 0.274 e. The molecule has 0 atom stereocenters. The molecule has 1 N–H and O–H groups in total. The predicted octanol–water partition coefficient (Wildman–Crippen LogP) is 3.78. The van der Waals surface area contributed by atoms with E-state index in [1.807, 2.05) is 13.8 Å². The number of pyridine rings is 1. The van der Waals surface area contributed by atoms with Crippen molar-refractivity contribution >= 4 is 23.2 Å². The van der Waals surface area contributed by atoms with Crippen molar-refractivity contribution in [2.45, 2.75) is 13.8 Å². The van der Waals surface area contributed by atoms with Gasteiger partial charge in [0.1, 0.15) is 17.2 Å². The summed E-state index contributed by atoms with van der Waals surface area (Å²) in [6.07, 6.45) is 1.48. The van der Waals surface area contributed by atoms with Gasteiger partial charge in [0, 0.05) is 17.3 Å². The Hall–Kier alpha value is -2.27. The number of anilines is 1. The van der Waals surface area contributed by atoms with E-state index in [1.54, 1.807) is 24.3 Å². The lowest BCUT2D eigenvalue weighted by molar-refractivity contribution is 0.102. The van der Waals surface area contributed by atoms with Gasteiger partial charge in [0.05, 0.1) is 18.9 Å². The fourth-order valence-corrected chi connectivity index (χ4v) is 2.02. The molecule has 0 aliphatic rings. The fraction of sp³-hybridized carbons (Fsp3) is 0.250. The Bertz CT molecular complexity index is 662. The summed E-state index contributed by atoms with van der Waals surface area (Å²) in [6, 6.07) is 8.39. The average molecular weight is 321 g/mol. The monoisotopic (exact) mass is 320 g/mol. The predicted molar refractivity (Wildman–Crippen MR) is 86.0 cm³/mol. The molecule has 5 nitrogen and oxygen atoms in total. The minimum atomic E-state index is -0.364. The van der Waals surface area contributed by atoms with Gasteiger partial charge in [-0.25, -0.2) is 0 Å². The summed E-state index contributed by atoms with van der Waals surface area (Å²) in [6.45, 7) is 4.80. The maximum Gasteiger partial charge on any atom is 0.274 e. The minimum absolute atomic E-state index is 0.233. The maximum absolute atomic E-state index is 12.3. The van der Waals surface area contributed by atoms with Crippen LogP contribution >= 0.6 is 11.6 Å². The van der Waals surface area contributed by atoms with E-state index in [9.17, 15) is 4.79 Å². The highest BCUT2D eigenvalue weighted by atomic mass is 35.5. The van der Waals surface area contributed by atoms with Crippen LogP contribution in [0.15, 0.2) is 36.5 Å². The van der Waals surface area contributed by atoms with Gasteiger partial charge in [-0.15, -0.1) is 0 Å². The van der Waals surface area contributed by atoms with Gasteiger partial charge in [0.2, 0.25) is 0 Å². The number of carbonyl (C=O) groups is 1. The van der Waals surface area contributed by atoms with Crippen LogP contribution in [-0.2, 0) is 0 Å².